The van der Waals surface area contributed by atoms with E-state index in [4.69, 9.17) is 0 Å². The minimum Gasteiger partial charge on any atom is -0.342 e. The lowest BCUT2D eigenvalue weighted by molar-refractivity contribution is -0.138. The fraction of sp³-hybridized carbons (Fsp3) is 0.480. The van der Waals surface area contributed by atoms with E-state index in [0.717, 1.165) is 51.5 Å². The molecule has 2 fully saturated rings. The molecule has 0 aliphatic carbocycles. The lowest BCUT2D eigenvalue weighted by Crippen LogP contribution is -2.45. The van der Waals surface area contributed by atoms with Gasteiger partial charge in [0.15, 0.2) is 0 Å². The zero-order valence-corrected chi connectivity index (χ0v) is 17.0. The van der Waals surface area contributed by atoms with Crippen LogP contribution in [0.4, 0.5) is 0 Å². The van der Waals surface area contributed by atoms with Crippen molar-refractivity contribution in [3.8, 4) is 11.1 Å². The van der Waals surface area contributed by atoms with E-state index >= 15 is 0 Å². The third-order valence-corrected chi connectivity index (χ3v) is 6.50. The number of nitrogens with zero attached hydrogens (tertiary/aromatic N) is 2. The Morgan fingerprint density at radius 3 is 2.07 bits per heavy atom. The first kappa shape index (κ1) is 19.2. The number of hydrogen-bond acceptors (Lipinski definition) is 2. The van der Waals surface area contributed by atoms with Gasteiger partial charge in [-0.2, -0.15) is 0 Å². The molecule has 1 amide bonds. The SMILES string of the molecule is CC1CCN(C(=O)C2CCN(Cc3ccc(-c4ccccc4)cc3)CC2)CC1. The summed E-state index contributed by atoms with van der Waals surface area (Å²) < 4.78 is 0. The first-order valence-electron chi connectivity index (χ1n) is 10.8. The fourth-order valence-corrected chi connectivity index (χ4v) is 4.52. The summed E-state index contributed by atoms with van der Waals surface area (Å²) in [6.45, 7) is 7.27. The number of rotatable bonds is 4. The van der Waals surface area contributed by atoms with Gasteiger partial charge in [-0.3, -0.25) is 9.69 Å². The van der Waals surface area contributed by atoms with Crippen molar-refractivity contribution in [2.24, 2.45) is 11.8 Å². The summed E-state index contributed by atoms with van der Waals surface area (Å²) in [4.78, 5) is 17.4. The van der Waals surface area contributed by atoms with Crippen LogP contribution < -0.4 is 0 Å². The van der Waals surface area contributed by atoms with Crippen LogP contribution in [0.25, 0.3) is 11.1 Å². The van der Waals surface area contributed by atoms with E-state index in [2.05, 4.69) is 71.3 Å². The van der Waals surface area contributed by atoms with E-state index in [-0.39, 0.29) is 5.92 Å². The van der Waals surface area contributed by atoms with Gasteiger partial charge in [0.05, 0.1) is 0 Å². The standard InChI is InChI=1S/C25H32N2O/c1-20-11-17-27(18-12-20)25(28)24-13-15-26(16-14-24)19-21-7-9-23(10-8-21)22-5-3-2-4-6-22/h2-10,20,24H,11-19H2,1H3. The van der Waals surface area contributed by atoms with Gasteiger partial charge in [0.2, 0.25) is 5.91 Å². The molecule has 2 aliphatic heterocycles. The predicted octanol–water partition coefficient (Wildman–Crippen LogP) is 4.82. The van der Waals surface area contributed by atoms with E-state index < -0.39 is 0 Å². The van der Waals surface area contributed by atoms with Gasteiger partial charge in [-0.1, -0.05) is 61.5 Å². The fourth-order valence-electron chi connectivity index (χ4n) is 4.52. The number of carbonyl (C=O) groups is 1. The molecular weight excluding hydrogens is 344 g/mol. The third-order valence-electron chi connectivity index (χ3n) is 6.50. The van der Waals surface area contributed by atoms with Gasteiger partial charge in [-0.05, 0) is 61.4 Å². The van der Waals surface area contributed by atoms with Crippen LogP contribution in [0.1, 0.15) is 38.2 Å². The molecule has 0 atom stereocenters. The Labute approximate surface area is 169 Å². The lowest BCUT2D eigenvalue weighted by Gasteiger charge is -2.36. The highest BCUT2D eigenvalue weighted by atomic mass is 16.2. The molecule has 2 aromatic rings. The molecule has 3 nitrogen and oxygen atoms in total. The molecular formula is C25H32N2O. The first-order chi connectivity index (χ1) is 13.7. The van der Waals surface area contributed by atoms with Gasteiger partial charge in [0.1, 0.15) is 0 Å². The van der Waals surface area contributed by atoms with Gasteiger partial charge in [0.25, 0.3) is 0 Å². The van der Waals surface area contributed by atoms with Crippen molar-refractivity contribution < 1.29 is 4.79 Å². The molecule has 0 unspecified atom stereocenters. The Morgan fingerprint density at radius 2 is 1.43 bits per heavy atom. The predicted molar refractivity (Wildman–Crippen MR) is 115 cm³/mol. The molecule has 2 saturated heterocycles. The first-order valence-corrected chi connectivity index (χ1v) is 10.8. The molecule has 0 N–H and O–H groups in total. The average Bonchev–Trinajstić information content (AvgIpc) is 2.75. The van der Waals surface area contributed by atoms with Crippen LogP contribution in [0.5, 0.6) is 0 Å². The molecule has 4 rings (SSSR count). The molecule has 2 heterocycles. The summed E-state index contributed by atoms with van der Waals surface area (Å²) in [6, 6.07) is 19.5. The van der Waals surface area contributed by atoms with E-state index in [1.54, 1.807) is 0 Å². The number of likely N-dealkylation sites (tertiary alicyclic amines) is 2. The van der Waals surface area contributed by atoms with Gasteiger partial charge in [-0.25, -0.2) is 0 Å². The summed E-state index contributed by atoms with van der Waals surface area (Å²) in [5, 5.41) is 0. The quantitative estimate of drug-likeness (QED) is 0.763. The summed E-state index contributed by atoms with van der Waals surface area (Å²) in [7, 11) is 0. The monoisotopic (exact) mass is 376 g/mol. The smallest absolute Gasteiger partial charge is 0.225 e. The third kappa shape index (κ3) is 4.64. The maximum absolute atomic E-state index is 12.8. The van der Waals surface area contributed by atoms with Crippen molar-refractivity contribution in [1.82, 2.24) is 9.80 Å². The summed E-state index contributed by atoms with van der Waals surface area (Å²) in [5.74, 6) is 1.43. The normalized spacial score (nSPS) is 19.7. The molecule has 3 heteroatoms. The van der Waals surface area contributed by atoms with Gasteiger partial charge in [-0.15, -0.1) is 0 Å². The number of amides is 1. The minimum atomic E-state index is 0.241. The zero-order valence-electron chi connectivity index (χ0n) is 17.0. The molecule has 148 valence electrons. The van der Waals surface area contributed by atoms with Crippen molar-refractivity contribution in [1.29, 1.82) is 0 Å². The second-order valence-electron chi connectivity index (χ2n) is 8.62. The maximum Gasteiger partial charge on any atom is 0.225 e. The Balaban J connectivity index is 1.27. The Kier molecular flexibility index (Phi) is 6.11. The van der Waals surface area contributed by atoms with Crippen molar-refractivity contribution in [3.05, 3.63) is 60.2 Å². The van der Waals surface area contributed by atoms with Crippen LogP contribution in [0.15, 0.2) is 54.6 Å². The molecule has 0 spiro atoms. The molecule has 2 aliphatic rings. The van der Waals surface area contributed by atoms with Crippen LogP contribution in [-0.4, -0.2) is 41.9 Å². The summed E-state index contributed by atoms with van der Waals surface area (Å²) >= 11 is 0. The Morgan fingerprint density at radius 1 is 0.821 bits per heavy atom. The number of piperidine rings is 2. The highest BCUT2D eigenvalue weighted by Crippen LogP contribution is 2.25. The van der Waals surface area contributed by atoms with E-state index in [1.807, 2.05) is 0 Å². The van der Waals surface area contributed by atoms with Gasteiger partial charge < -0.3 is 4.90 Å². The molecule has 0 radical (unpaired) electrons. The van der Waals surface area contributed by atoms with E-state index in [0.29, 0.717) is 5.91 Å². The number of benzene rings is 2. The van der Waals surface area contributed by atoms with Crippen LogP contribution in [0.3, 0.4) is 0 Å². The topological polar surface area (TPSA) is 23.6 Å². The van der Waals surface area contributed by atoms with Crippen LogP contribution in [0.2, 0.25) is 0 Å². The van der Waals surface area contributed by atoms with E-state index in [9.17, 15) is 4.79 Å². The Hall–Kier alpha value is -2.13. The molecule has 28 heavy (non-hydrogen) atoms. The molecule has 0 bridgehead atoms. The van der Waals surface area contributed by atoms with Crippen LogP contribution in [-0.2, 0) is 11.3 Å². The average molecular weight is 377 g/mol. The van der Waals surface area contributed by atoms with Gasteiger partial charge >= 0.3 is 0 Å². The summed E-state index contributed by atoms with van der Waals surface area (Å²) in [5.41, 5.74) is 3.89. The van der Waals surface area contributed by atoms with Gasteiger partial charge in [0, 0.05) is 25.6 Å². The zero-order chi connectivity index (χ0) is 19.3. The van der Waals surface area contributed by atoms with Crippen molar-refractivity contribution in [2.45, 2.75) is 39.2 Å². The van der Waals surface area contributed by atoms with Crippen molar-refractivity contribution in [3.63, 3.8) is 0 Å². The van der Waals surface area contributed by atoms with Crippen LogP contribution in [0, 0.1) is 11.8 Å². The highest BCUT2D eigenvalue weighted by molar-refractivity contribution is 5.79. The molecule has 2 aromatic carbocycles. The van der Waals surface area contributed by atoms with Crippen molar-refractivity contribution >= 4 is 5.91 Å². The molecule has 0 saturated carbocycles. The van der Waals surface area contributed by atoms with Crippen molar-refractivity contribution in [2.75, 3.05) is 26.2 Å². The summed E-state index contributed by atoms with van der Waals surface area (Å²) in [6.07, 6.45) is 4.35. The second-order valence-corrected chi connectivity index (χ2v) is 8.62. The number of hydrogen-bond donors (Lipinski definition) is 0. The maximum atomic E-state index is 12.8. The largest absolute Gasteiger partial charge is 0.342 e. The lowest BCUT2D eigenvalue weighted by atomic mass is 9.92. The minimum absolute atomic E-state index is 0.241. The van der Waals surface area contributed by atoms with Crippen LogP contribution >= 0.6 is 0 Å². The van der Waals surface area contributed by atoms with E-state index in [1.165, 1.54) is 29.5 Å². The Bertz CT molecular complexity index is 755. The highest BCUT2D eigenvalue weighted by Gasteiger charge is 2.30. The molecule has 0 aromatic heterocycles. The second kappa shape index (κ2) is 8.91. The number of carbonyl (C=O) groups excluding carboxylic acids is 1.